The van der Waals surface area contributed by atoms with Crippen molar-refractivity contribution in [2.45, 2.75) is 19.9 Å². The number of rotatable bonds is 7. The highest BCUT2D eigenvalue weighted by Crippen LogP contribution is 2.24. The molecule has 6 nitrogen and oxygen atoms in total. The molecule has 0 radical (unpaired) electrons. The van der Waals surface area contributed by atoms with Gasteiger partial charge in [0.25, 0.3) is 5.91 Å². The van der Waals surface area contributed by atoms with E-state index in [1.54, 1.807) is 42.5 Å². The van der Waals surface area contributed by atoms with E-state index >= 15 is 0 Å². The number of hydrogen-bond acceptors (Lipinski definition) is 4. The first-order valence-electron chi connectivity index (χ1n) is 8.35. The molecule has 0 aliphatic heterocycles. The Balaban J connectivity index is 2.18. The summed E-state index contributed by atoms with van der Waals surface area (Å²) in [5.41, 5.74) is 0.933. The molecule has 0 aliphatic carbocycles. The van der Waals surface area contributed by atoms with Crippen LogP contribution in [-0.4, -0.2) is 32.1 Å². The van der Waals surface area contributed by atoms with Gasteiger partial charge in [0.2, 0.25) is 5.91 Å². The molecule has 0 saturated carbocycles. The Labute approximate surface area is 153 Å². The molecule has 6 heteroatoms. The van der Waals surface area contributed by atoms with Gasteiger partial charge >= 0.3 is 0 Å². The lowest BCUT2D eigenvalue weighted by molar-refractivity contribution is -0.118. The van der Waals surface area contributed by atoms with Gasteiger partial charge in [-0.15, -0.1) is 0 Å². The molecule has 2 aromatic carbocycles. The number of para-hydroxylation sites is 3. The Hall–Kier alpha value is -3.02. The summed E-state index contributed by atoms with van der Waals surface area (Å²) >= 11 is 0. The topological polar surface area (TPSA) is 76.7 Å². The van der Waals surface area contributed by atoms with Crippen molar-refractivity contribution in [2.75, 3.05) is 19.5 Å². The van der Waals surface area contributed by atoms with Crippen molar-refractivity contribution < 1.29 is 19.1 Å². The molecular formula is C20H24N2O4. The number of methoxy groups -OCH3 is 2. The molecule has 2 N–H and O–H groups in total. The molecule has 1 atom stereocenters. The van der Waals surface area contributed by atoms with Crippen LogP contribution in [0.4, 0.5) is 5.69 Å². The number of ether oxygens (including phenoxy) is 2. The van der Waals surface area contributed by atoms with E-state index in [0.717, 1.165) is 0 Å². The van der Waals surface area contributed by atoms with Gasteiger partial charge in [-0.3, -0.25) is 9.59 Å². The number of carbonyl (C=O) groups excluding carboxylic acids is 2. The maximum absolute atomic E-state index is 12.7. The number of carbonyl (C=O) groups is 2. The number of anilines is 1. The first-order chi connectivity index (χ1) is 12.5. The molecule has 138 valence electrons. The zero-order valence-corrected chi connectivity index (χ0v) is 15.4. The maximum atomic E-state index is 12.7. The van der Waals surface area contributed by atoms with E-state index in [1.165, 1.54) is 14.2 Å². The van der Waals surface area contributed by atoms with Crippen molar-refractivity contribution in [3.8, 4) is 11.5 Å². The minimum absolute atomic E-state index is 0.108. The summed E-state index contributed by atoms with van der Waals surface area (Å²) in [5, 5.41) is 5.61. The molecule has 0 unspecified atom stereocenters. The Bertz CT molecular complexity index is 774. The van der Waals surface area contributed by atoms with E-state index in [2.05, 4.69) is 10.6 Å². The highest BCUT2D eigenvalue weighted by Gasteiger charge is 2.26. The molecule has 26 heavy (non-hydrogen) atoms. The molecule has 0 bridgehead atoms. The average molecular weight is 356 g/mol. The second-order valence-electron chi connectivity index (χ2n) is 6.08. The van der Waals surface area contributed by atoms with Crippen molar-refractivity contribution in [2.24, 2.45) is 5.92 Å². The summed E-state index contributed by atoms with van der Waals surface area (Å²) in [7, 11) is 3.04. The van der Waals surface area contributed by atoms with Gasteiger partial charge in [-0.05, 0) is 30.2 Å². The molecule has 0 spiro atoms. The minimum atomic E-state index is -0.711. The fourth-order valence-electron chi connectivity index (χ4n) is 2.54. The maximum Gasteiger partial charge on any atom is 0.255 e. The Morgan fingerprint density at radius 2 is 1.46 bits per heavy atom. The van der Waals surface area contributed by atoms with E-state index in [4.69, 9.17) is 9.47 Å². The van der Waals surface area contributed by atoms with Gasteiger partial charge in [0.05, 0.1) is 25.5 Å². The van der Waals surface area contributed by atoms with Crippen molar-refractivity contribution in [3.63, 3.8) is 0 Å². The zero-order valence-electron chi connectivity index (χ0n) is 15.4. The number of nitrogens with one attached hydrogen (secondary N) is 2. The van der Waals surface area contributed by atoms with Crippen LogP contribution in [0.5, 0.6) is 11.5 Å². The molecule has 0 heterocycles. The van der Waals surface area contributed by atoms with Crippen LogP contribution in [0.15, 0.2) is 48.5 Å². The second kappa shape index (κ2) is 8.89. The van der Waals surface area contributed by atoms with Crippen molar-refractivity contribution in [1.82, 2.24) is 5.32 Å². The third-order valence-corrected chi connectivity index (χ3v) is 3.95. The van der Waals surface area contributed by atoms with E-state index in [0.29, 0.717) is 22.7 Å². The molecule has 0 fully saturated rings. The second-order valence-corrected chi connectivity index (χ2v) is 6.08. The van der Waals surface area contributed by atoms with Gasteiger partial charge in [-0.1, -0.05) is 38.1 Å². The van der Waals surface area contributed by atoms with Crippen LogP contribution in [-0.2, 0) is 4.79 Å². The summed E-state index contributed by atoms with van der Waals surface area (Å²) in [6.45, 7) is 3.74. The van der Waals surface area contributed by atoms with Crippen LogP contribution < -0.4 is 20.1 Å². The van der Waals surface area contributed by atoms with Gasteiger partial charge in [-0.25, -0.2) is 0 Å². The summed E-state index contributed by atoms with van der Waals surface area (Å²) in [5.74, 6) is 0.226. The van der Waals surface area contributed by atoms with Crippen molar-refractivity contribution >= 4 is 17.5 Å². The highest BCUT2D eigenvalue weighted by molar-refractivity contribution is 6.02. The van der Waals surface area contributed by atoms with Gasteiger partial charge in [0, 0.05) is 0 Å². The average Bonchev–Trinajstić information content (AvgIpc) is 2.65. The molecular weight excluding hydrogens is 332 g/mol. The quantitative estimate of drug-likeness (QED) is 0.799. The lowest BCUT2D eigenvalue weighted by Crippen LogP contribution is -2.47. The van der Waals surface area contributed by atoms with E-state index in [-0.39, 0.29) is 17.7 Å². The predicted octanol–water partition coefficient (Wildman–Crippen LogP) is 3.10. The van der Waals surface area contributed by atoms with Crippen LogP contribution in [0.1, 0.15) is 24.2 Å². The highest BCUT2D eigenvalue weighted by atomic mass is 16.5. The molecule has 0 aromatic heterocycles. The van der Waals surface area contributed by atoms with Gasteiger partial charge < -0.3 is 20.1 Å². The molecule has 2 aromatic rings. The number of hydrogen-bond donors (Lipinski definition) is 2. The van der Waals surface area contributed by atoms with Crippen LogP contribution in [0.25, 0.3) is 0 Å². The lowest BCUT2D eigenvalue weighted by atomic mass is 10.0. The van der Waals surface area contributed by atoms with Crippen molar-refractivity contribution in [3.05, 3.63) is 54.1 Å². The summed E-state index contributed by atoms with van der Waals surface area (Å²) in [4.78, 5) is 25.4. The fourth-order valence-corrected chi connectivity index (χ4v) is 2.54. The molecule has 0 saturated heterocycles. The standard InChI is InChI=1S/C20H24N2O4/c1-13(2)18(20(24)21-15-10-6-8-12-17(15)26-4)22-19(23)14-9-5-7-11-16(14)25-3/h5-13,18H,1-4H3,(H,21,24)(H,22,23)/t18-/m0/s1. The summed E-state index contributed by atoms with van der Waals surface area (Å²) < 4.78 is 10.5. The number of amides is 2. The summed E-state index contributed by atoms with van der Waals surface area (Å²) in [6.07, 6.45) is 0. The van der Waals surface area contributed by atoms with Crippen LogP contribution in [0, 0.1) is 5.92 Å². The monoisotopic (exact) mass is 356 g/mol. The van der Waals surface area contributed by atoms with Gasteiger partial charge in [0.15, 0.2) is 0 Å². The van der Waals surface area contributed by atoms with Crippen LogP contribution >= 0.6 is 0 Å². The molecule has 2 amide bonds. The van der Waals surface area contributed by atoms with Crippen molar-refractivity contribution in [1.29, 1.82) is 0 Å². The third-order valence-electron chi connectivity index (χ3n) is 3.95. The zero-order chi connectivity index (χ0) is 19.1. The van der Waals surface area contributed by atoms with E-state index in [1.807, 2.05) is 19.9 Å². The fraction of sp³-hybridized carbons (Fsp3) is 0.300. The first-order valence-corrected chi connectivity index (χ1v) is 8.35. The Morgan fingerprint density at radius 3 is 2.08 bits per heavy atom. The largest absolute Gasteiger partial charge is 0.496 e. The third kappa shape index (κ3) is 4.53. The Morgan fingerprint density at radius 1 is 0.885 bits per heavy atom. The minimum Gasteiger partial charge on any atom is -0.496 e. The van der Waals surface area contributed by atoms with Gasteiger partial charge in [0.1, 0.15) is 17.5 Å². The van der Waals surface area contributed by atoms with E-state index in [9.17, 15) is 9.59 Å². The molecule has 2 rings (SSSR count). The number of benzene rings is 2. The normalized spacial score (nSPS) is 11.6. The Kier molecular flexibility index (Phi) is 6.60. The SMILES string of the molecule is COc1ccccc1NC(=O)[C@@H](NC(=O)c1ccccc1OC)C(C)C. The predicted molar refractivity (Wildman–Crippen MR) is 101 cm³/mol. The smallest absolute Gasteiger partial charge is 0.255 e. The van der Waals surface area contributed by atoms with E-state index < -0.39 is 6.04 Å². The van der Waals surface area contributed by atoms with Crippen LogP contribution in [0.2, 0.25) is 0 Å². The molecule has 0 aliphatic rings. The first kappa shape index (κ1) is 19.3. The van der Waals surface area contributed by atoms with Crippen LogP contribution in [0.3, 0.4) is 0 Å². The lowest BCUT2D eigenvalue weighted by Gasteiger charge is -2.22. The van der Waals surface area contributed by atoms with Gasteiger partial charge in [-0.2, -0.15) is 0 Å². The summed E-state index contributed by atoms with van der Waals surface area (Å²) in [6, 6.07) is 13.3.